The third-order valence-corrected chi connectivity index (χ3v) is 2.33. The van der Waals surface area contributed by atoms with Gasteiger partial charge in [-0.25, -0.2) is 0 Å². The van der Waals surface area contributed by atoms with E-state index in [1.54, 1.807) is 6.20 Å². The maximum atomic E-state index is 7.89. The van der Waals surface area contributed by atoms with E-state index in [0.29, 0.717) is 5.84 Å². The highest BCUT2D eigenvalue weighted by atomic mass is 15.2. The van der Waals surface area contributed by atoms with Crippen LogP contribution in [-0.2, 0) is 0 Å². The van der Waals surface area contributed by atoms with Gasteiger partial charge in [0.2, 0.25) is 0 Å². The molecule has 1 saturated heterocycles. The van der Waals surface area contributed by atoms with Gasteiger partial charge in [-0.05, 0) is 25.0 Å². The zero-order valence-corrected chi connectivity index (χ0v) is 7.53. The molecule has 0 spiro atoms. The van der Waals surface area contributed by atoms with Crippen LogP contribution in [-0.4, -0.2) is 28.8 Å². The second-order valence-corrected chi connectivity index (χ2v) is 3.26. The first-order valence-electron chi connectivity index (χ1n) is 4.63. The van der Waals surface area contributed by atoms with Crippen LogP contribution < -0.4 is 0 Å². The lowest BCUT2D eigenvalue weighted by Crippen LogP contribution is -2.28. The molecular weight excluding hydrogens is 162 g/mol. The van der Waals surface area contributed by atoms with Crippen molar-refractivity contribution in [3.05, 3.63) is 30.1 Å². The van der Waals surface area contributed by atoms with Crippen molar-refractivity contribution >= 4 is 5.84 Å². The number of nitrogens with one attached hydrogen (secondary N) is 1. The van der Waals surface area contributed by atoms with Gasteiger partial charge in [0.15, 0.2) is 0 Å². The van der Waals surface area contributed by atoms with Crippen molar-refractivity contribution in [2.24, 2.45) is 0 Å². The van der Waals surface area contributed by atoms with Gasteiger partial charge in [-0.3, -0.25) is 10.4 Å². The predicted molar refractivity (Wildman–Crippen MR) is 51.9 cm³/mol. The Balaban J connectivity index is 2.13. The van der Waals surface area contributed by atoms with E-state index in [0.717, 1.165) is 18.8 Å². The van der Waals surface area contributed by atoms with Crippen molar-refractivity contribution in [2.75, 3.05) is 13.1 Å². The van der Waals surface area contributed by atoms with Crippen molar-refractivity contribution in [2.45, 2.75) is 12.8 Å². The highest BCUT2D eigenvalue weighted by Gasteiger charge is 2.16. The van der Waals surface area contributed by atoms with Crippen LogP contribution in [0.3, 0.4) is 0 Å². The molecule has 0 aliphatic carbocycles. The Labute approximate surface area is 77.9 Å². The van der Waals surface area contributed by atoms with Crippen molar-refractivity contribution in [3.8, 4) is 0 Å². The van der Waals surface area contributed by atoms with Crippen LogP contribution in [0.15, 0.2) is 24.4 Å². The van der Waals surface area contributed by atoms with Gasteiger partial charge < -0.3 is 4.90 Å². The lowest BCUT2D eigenvalue weighted by molar-refractivity contribution is 0.515. The van der Waals surface area contributed by atoms with Gasteiger partial charge in [0.25, 0.3) is 0 Å². The first kappa shape index (κ1) is 8.23. The summed E-state index contributed by atoms with van der Waals surface area (Å²) in [4.78, 5) is 6.24. The van der Waals surface area contributed by atoms with Crippen LogP contribution in [0.25, 0.3) is 0 Å². The molecule has 3 heteroatoms. The summed E-state index contributed by atoms with van der Waals surface area (Å²) >= 11 is 0. The van der Waals surface area contributed by atoms with Crippen LogP contribution >= 0.6 is 0 Å². The Morgan fingerprint density at radius 1 is 1.31 bits per heavy atom. The van der Waals surface area contributed by atoms with Crippen molar-refractivity contribution in [3.63, 3.8) is 0 Å². The molecule has 13 heavy (non-hydrogen) atoms. The zero-order chi connectivity index (χ0) is 9.10. The van der Waals surface area contributed by atoms with E-state index in [1.165, 1.54) is 12.8 Å². The zero-order valence-electron chi connectivity index (χ0n) is 7.53. The number of rotatable bonds is 1. The van der Waals surface area contributed by atoms with E-state index in [-0.39, 0.29) is 0 Å². The smallest absolute Gasteiger partial charge is 0.147 e. The summed E-state index contributed by atoms with van der Waals surface area (Å²) in [5, 5.41) is 7.89. The third kappa shape index (κ3) is 1.69. The summed E-state index contributed by atoms with van der Waals surface area (Å²) in [6.45, 7) is 2.02. The van der Waals surface area contributed by atoms with Gasteiger partial charge in [0.1, 0.15) is 11.5 Å². The quantitative estimate of drug-likeness (QED) is 0.519. The van der Waals surface area contributed by atoms with Gasteiger partial charge in [-0.1, -0.05) is 6.07 Å². The van der Waals surface area contributed by atoms with Gasteiger partial charge in [-0.15, -0.1) is 0 Å². The largest absolute Gasteiger partial charge is 0.355 e. The maximum absolute atomic E-state index is 7.89. The van der Waals surface area contributed by atoms with Gasteiger partial charge >= 0.3 is 0 Å². The fourth-order valence-electron chi connectivity index (χ4n) is 1.61. The molecule has 1 aromatic heterocycles. The molecule has 1 aliphatic heterocycles. The van der Waals surface area contributed by atoms with Crippen molar-refractivity contribution < 1.29 is 0 Å². The van der Waals surface area contributed by atoms with Gasteiger partial charge in [0, 0.05) is 19.3 Å². The number of nitrogens with zero attached hydrogens (tertiary/aromatic N) is 2. The number of amidine groups is 1. The second kappa shape index (κ2) is 3.56. The summed E-state index contributed by atoms with van der Waals surface area (Å²) in [5.41, 5.74) is 0.782. The fourth-order valence-corrected chi connectivity index (χ4v) is 1.61. The second-order valence-electron chi connectivity index (χ2n) is 3.26. The normalized spacial score (nSPS) is 16.2. The predicted octanol–water partition coefficient (Wildman–Crippen LogP) is 1.50. The minimum absolute atomic E-state index is 0.568. The van der Waals surface area contributed by atoms with E-state index < -0.39 is 0 Å². The van der Waals surface area contributed by atoms with Gasteiger partial charge in [0.05, 0.1) is 0 Å². The molecule has 2 rings (SSSR count). The number of pyridine rings is 1. The number of likely N-dealkylation sites (tertiary alicyclic amines) is 1. The topological polar surface area (TPSA) is 40.0 Å². The Bertz CT molecular complexity index is 288. The van der Waals surface area contributed by atoms with Crippen LogP contribution in [0.5, 0.6) is 0 Å². The van der Waals surface area contributed by atoms with E-state index in [4.69, 9.17) is 5.41 Å². The van der Waals surface area contributed by atoms with E-state index in [2.05, 4.69) is 9.88 Å². The lowest BCUT2D eigenvalue weighted by atomic mass is 10.3. The number of aromatic nitrogens is 1. The molecule has 0 radical (unpaired) electrons. The minimum atomic E-state index is 0.568. The third-order valence-electron chi connectivity index (χ3n) is 2.33. The Morgan fingerprint density at radius 2 is 2.08 bits per heavy atom. The van der Waals surface area contributed by atoms with E-state index in [9.17, 15) is 0 Å². The first-order chi connectivity index (χ1) is 6.38. The Morgan fingerprint density at radius 3 is 2.69 bits per heavy atom. The molecule has 1 aromatic rings. The Kier molecular flexibility index (Phi) is 2.25. The molecule has 0 amide bonds. The SMILES string of the molecule is N=C(c1ccccn1)N1CCCC1. The molecule has 1 fully saturated rings. The van der Waals surface area contributed by atoms with Crippen molar-refractivity contribution in [1.82, 2.24) is 9.88 Å². The fraction of sp³-hybridized carbons (Fsp3) is 0.400. The average Bonchev–Trinajstić information content (AvgIpc) is 2.71. The monoisotopic (exact) mass is 175 g/mol. The molecule has 3 nitrogen and oxygen atoms in total. The highest BCUT2D eigenvalue weighted by molar-refractivity contribution is 5.94. The van der Waals surface area contributed by atoms with Crippen LogP contribution in [0, 0.1) is 5.41 Å². The highest BCUT2D eigenvalue weighted by Crippen LogP contribution is 2.10. The number of hydrogen-bond acceptors (Lipinski definition) is 2. The molecule has 0 aromatic carbocycles. The molecule has 0 bridgehead atoms. The van der Waals surface area contributed by atoms with E-state index in [1.807, 2.05) is 18.2 Å². The average molecular weight is 175 g/mol. The van der Waals surface area contributed by atoms with Gasteiger partial charge in [-0.2, -0.15) is 0 Å². The molecule has 1 aliphatic rings. The summed E-state index contributed by atoms with van der Waals surface area (Å²) < 4.78 is 0. The summed E-state index contributed by atoms with van der Waals surface area (Å²) in [5.74, 6) is 0.568. The molecule has 0 unspecified atom stereocenters. The minimum Gasteiger partial charge on any atom is -0.355 e. The summed E-state index contributed by atoms with van der Waals surface area (Å²) in [6.07, 6.45) is 4.14. The van der Waals surface area contributed by atoms with Crippen LogP contribution in [0.1, 0.15) is 18.5 Å². The summed E-state index contributed by atoms with van der Waals surface area (Å²) in [6, 6.07) is 5.69. The molecule has 0 atom stereocenters. The van der Waals surface area contributed by atoms with Crippen LogP contribution in [0.4, 0.5) is 0 Å². The summed E-state index contributed by atoms with van der Waals surface area (Å²) in [7, 11) is 0. The first-order valence-corrected chi connectivity index (χ1v) is 4.63. The Hall–Kier alpha value is -1.38. The number of hydrogen-bond donors (Lipinski definition) is 1. The molecular formula is C10H13N3. The molecule has 2 heterocycles. The van der Waals surface area contributed by atoms with E-state index >= 15 is 0 Å². The molecule has 1 N–H and O–H groups in total. The van der Waals surface area contributed by atoms with Crippen LogP contribution in [0.2, 0.25) is 0 Å². The molecule has 68 valence electrons. The maximum Gasteiger partial charge on any atom is 0.147 e. The van der Waals surface area contributed by atoms with Crippen molar-refractivity contribution in [1.29, 1.82) is 5.41 Å². The standard InChI is InChI=1S/C10H13N3/c11-10(13-7-3-4-8-13)9-5-1-2-6-12-9/h1-2,5-6,11H,3-4,7-8H2. The molecule has 0 saturated carbocycles. The lowest BCUT2D eigenvalue weighted by Gasteiger charge is -2.17.